The smallest absolute Gasteiger partial charge is 0.338 e. The van der Waals surface area contributed by atoms with E-state index in [2.05, 4.69) is 4.74 Å². The fraction of sp³-hybridized carbons (Fsp3) is 0.333. The van der Waals surface area contributed by atoms with Gasteiger partial charge in [0.25, 0.3) is 5.17 Å². The fourth-order valence-corrected chi connectivity index (χ4v) is 1.62. The Hall–Kier alpha value is -1.33. The van der Waals surface area contributed by atoms with Crippen LogP contribution in [0.15, 0.2) is 12.1 Å². The van der Waals surface area contributed by atoms with Crippen LogP contribution in [0, 0.1) is 6.92 Å². The minimum atomic E-state index is -0.440. The highest BCUT2D eigenvalue weighted by atomic mass is 35.5. The van der Waals surface area contributed by atoms with Gasteiger partial charge in [-0.3, -0.25) is 0 Å². The second-order valence-corrected chi connectivity index (χ2v) is 4.56. The molecule has 0 aliphatic carbocycles. The van der Waals surface area contributed by atoms with E-state index in [0.29, 0.717) is 21.9 Å². The lowest BCUT2D eigenvalue weighted by Crippen LogP contribution is -2.25. The van der Waals surface area contributed by atoms with Gasteiger partial charge in [0, 0.05) is 19.7 Å². The molecule has 0 N–H and O–H groups in total. The molecule has 1 aromatic rings. The molecule has 0 aliphatic rings. The standard InChI is InChI=1S/C12H14ClNO3S/c1-7-8(11(15)16-4)5-6-9(13)10(7)17-12(18)14(2)3/h5-6H,1-4H3. The summed E-state index contributed by atoms with van der Waals surface area (Å²) in [4.78, 5) is 13.2. The second kappa shape index (κ2) is 6.02. The Kier molecular flexibility index (Phi) is 4.93. The number of halogens is 1. The summed E-state index contributed by atoms with van der Waals surface area (Å²) in [6, 6.07) is 3.17. The molecule has 1 aromatic carbocycles. The maximum Gasteiger partial charge on any atom is 0.338 e. The molecule has 1 rings (SSSR count). The monoisotopic (exact) mass is 287 g/mol. The van der Waals surface area contributed by atoms with Gasteiger partial charge in [-0.2, -0.15) is 0 Å². The van der Waals surface area contributed by atoms with E-state index in [1.54, 1.807) is 38.1 Å². The first-order valence-electron chi connectivity index (χ1n) is 5.15. The molecule has 0 saturated carbocycles. The summed E-state index contributed by atoms with van der Waals surface area (Å²) >= 11 is 11.1. The first-order chi connectivity index (χ1) is 8.38. The zero-order valence-electron chi connectivity index (χ0n) is 10.6. The van der Waals surface area contributed by atoms with E-state index in [9.17, 15) is 4.79 Å². The van der Waals surface area contributed by atoms with Crippen molar-refractivity contribution >= 4 is 35.0 Å². The van der Waals surface area contributed by atoms with Gasteiger partial charge in [-0.05, 0) is 31.3 Å². The molecule has 0 aliphatic heterocycles. The van der Waals surface area contributed by atoms with Gasteiger partial charge in [0.2, 0.25) is 0 Å². The van der Waals surface area contributed by atoms with Crippen LogP contribution in [-0.4, -0.2) is 37.2 Å². The topological polar surface area (TPSA) is 38.8 Å². The van der Waals surface area contributed by atoms with Crippen LogP contribution >= 0.6 is 23.8 Å². The molecule has 0 amide bonds. The maximum atomic E-state index is 11.6. The lowest BCUT2D eigenvalue weighted by atomic mass is 10.1. The summed E-state index contributed by atoms with van der Waals surface area (Å²) in [5, 5.41) is 0.659. The number of methoxy groups -OCH3 is 1. The zero-order valence-corrected chi connectivity index (χ0v) is 12.2. The normalized spacial score (nSPS) is 9.83. The lowest BCUT2D eigenvalue weighted by molar-refractivity contribution is 0.0599. The first kappa shape index (κ1) is 14.7. The van der Waals surface area contributed by atoms with Crippen molar-refractivity contribution in [2.75, 3.05) is 21.2 Å². The third kappa shape index (κ3) is 3.11. The molecule has 0 spiro atoms. The van der Waals surface area contributed by atoms with Gasteiger partial charge in [-0.15, -0.1) is 0 Å². The van der Waals surface area contributed by atoms with Crippen LogP contribution in [0.5, 0.6) is 5.75 Å². The number of carbonyl (C=O) groups excluding carboxylic acids is 1. The predicted molar refractivity (Wildman–Crippen MR) is 74.4 cm³/mol. The highest BCUT2D eigenvalue weighted by Gasteiger charge is 2.17. The number of thiocarbonyl (C=S) groups is 1. The average molecular weight is 288 g/mol. The van der Waals surface area contributed by atoms with Crippen LogP contribution in [0.4, 0.5) is 0 Å². The van der Waals surface area contributed by atoms with Gasteiger partial charge >= 0.3 is 5.97 Å². The summed E-state index contributed by atoms with van der Waals surface area (Å²) in [7, 11) is 4.84. The van der Waals surface area contributed by atoms with E-state index in [1.807, 2.05) is 0 Å². The molecule has 0 radical (unpaired) electrons. The molecular formula is C12H14ClNO3S. The Morgan fingerprint density at radius 3 is 2.50 bits per heavy atom. The number of rotatable bonds is 2. The van der Waals surface area contributed by atoms with Crippen LogP contribution in [-0.2, 0) is 4.74 Å². The molecule has 0 fully saturated rings. The van der Waals surface area contributed by atoms with E-state index in [4.69, 9.17) is 28.6 Å². The summed E-state index contributed by atoms with van der Waals surface area (Å²) in [5.41, 5.74) is 0.997. The van der Waals surface area contributed by atoms with E-state index in [0.717, 1.165) is 0 Å². The maximum absolute atomic E-state index is 11.6. The SMILES string of the molecule is COC(=O)c1ccc(Cl)c(OC(=S)N(C)C)c1C. The van der Waals surface area contributed by atoms with Crippen LogP contribution in [0.25, 0.3) is 0 Å². The van der Waals surface area contributed by atoms with Gasteiger partial charge in [-0.1, -0.05) is 11.6 Å². The quantitative estimate of drug-likeness (QED) is 0.618. The summed E-state index contributed by atoms with van der Waals surface area (Å²) in [6.07, 6.45) is 0. The molecule has 0 heterocycles. The molecule has 0 unspecified atom stereocenters. The summed E-state index contributed by atoms with van der Waals surface area (Å²) < 4.78 is 10.2. The number of esters is 1. The van der Waals surface area contributed by atoms with Crippen molar-refractivity contribution in [2.24, 2.45) is 0 Å². The Morgan fingerprint density at radius 2 is 2.00 bits per heavy atom. The van der Waals surface area contributed by atoms with E-state index in [-0.39, 0.29) is 5.17 Å². The number of carbonyl (C=O) groups is 1. The molecule has 98 valence electrons. The molecule has 0 saturated heterocycles. The van der Waals surface area contributed by atoms with E-state index < -0.39 is 5.97 Å². The Morgan fingerprint density at radius 1 is 1.39 bits per heavy atom. The van der Waals surface area contributed by atoms with Crippen LogP contribution < -0.4 is 4.74 Å². The summed E-state index contributed by atoms with van der Waals surface area (Å²) in [5.74, 6) is -0.0666. The van der Waals surface area contributed by atoms with Crippen LogP contribution in [0.1, 0.15) is 15.9 Å². The number of hydrogen-bond donors (Lipinski definition) is 0. The Labute approximate surface area is 116 Å². The van der Waals surface area contributed by atoms with Crippen molar-refractivity contribution in [2.45, 2.75) is 6.92 Å². The minimum absolute atomic E-state index is 0.266. The number of hydrogen-bond acceptors (Lipinski definition) is 4. The Bertz CT molecular complexity index is 488. The van der Waals surface area contributed by atoms with Crippen molar-refractivity contribution in [3.05, 3.63) is 28.3 Å². The van der Waals surface area contributed by atoms with Crippen molar-refractivity contribution in [1.82, 2.24) is 4.90 Å². The van der Waals surface area contributed by atoms with Gasteiger partial charge in [-0.25, -0.2) is 4.79 Å². The van der Waals surface area contributed by atoms with Gasteiger partial charge in [0.05, 0.1) is 17.7 Å². The van der Waals surface area contributed by atoms with E-state index >= 15 is 0 Å². The number of nitrogens with zero attached hydrogens (tertiary/aromatic N) is 1. The highest BCUT2D eigenvalue weighted by Crippen LogP contribution is 2.31. The van der Waals surface area contributed by atoms with Gasteiger partial charge in [0.15, 0.2) is 5.75 Å². The highest BCUT2D eigenvalue weighted by molar-refractivity contribution is 7.80. The predicted octanol–water partition coefficient (Wildman–Crippen LogP) is 2.66. The first-order valence-corrected chi connectivity index (χ1v) is 5.93. The molecule has 4 nitrogen and oxygen atoms in total. The largest absolute Gasteiger partial charge is 0.465 e. The van der Waals surface area contributed by atoms with Crippen LogP contribution in [0.3, 0.4) is 0 Å². The van der Waals surface area contributed by atoms with E-state index in [1.165, 1.54) is 7.11 Å². The third-order valence-electron chi connectivity index (χ3n) is 2.32. The molecule has 6 heteroatoms. The lowest BCUT2D eigenvalue weighted by Gasteiger charge is -2.17. The molecular weight excluding hydrogens is 274 g/mol. The van der Waals surface area contributed by atoms with Crippen molar-refractivity contribution in [3.8, 4) is 5.75 Å². The van der Waals surface area contributed by atoms with Crippen molar-refractivity contribution in [3.63, 3.8) is 0 Å². The fourth-order valence-electron chi connectivity index (χ4n) is 1.29. The van der Waals surface area contributed by atoms with Crippen LogP contribution in [0.2, 0.25) is 5.02 Å². The van der Waals surface area contributed by atoms with Crippen molar-refractivity contribution in [1.29, 1.82) is 0 Å². The van der Waals surface area contributed by atoms with Crippen molar-refractivity contribution < 1.29 is 14.3 Å². The second-order valence-electron chi connectivity index (χ2n) is 3.80. The minimum Gasteiger partial charge on any atom is -0.465 e. The molecule has 0 aromatic heterocycles. The zero-order chi connectivity index (χ0) is 13.9. The molecule has 18 heavy (non-hydrogen) atoms. The van der Waals surface area contributed by atoms with Gasteiger partial charge < -0.3 is 14.4 Å². The molecule has 0 bridgehead atoms. The molecule has 0 atom stereocenters. The van der Waals surface area contributed by atoms with Gasteiger partial charge in [0.1, 0.15) is 0 Å². The Balaban J connectivity index is 3.18. The number of ether oxygens (including phenoxy) is 2. The number of benzene rings is 1. The third-order valence-corrected chi connectivity index (χ3v) is 3.06. The average Bonchev–Trinajstić information content (AvgIpc) is 2.33. The summed E-state index contributed by atoms with van der Waals surface area (Å²) in [6.45, 7) is 1.73.